The summed E-state index contributed by atoms with van der Waals surface area (Å²) in [6.07, 6.45) is 7.53. The molecule has 2 N–H and O–H groups in total. The van der Waals surface area contributed by atoms with E-state index in [1.165, 1.54) is 6.08 Å². The maximum absolute atomic E-state index is 14.1. The second kappa shape index (κ2) is 11.1. The zero-order valence-corrected chi connectivity index (χ0v) is 22.8. The molecule has 3 aromatic rings. The van der Waals surface area contributed by atoms with Crippen LogP contribution in [0.15, 0.2) is 77.4 Å². The van der Waals surface area contributed by atoms with E-state index < -0.39 is 11.5 Å². The summed E-state index contributed by atoms with van der Waals surface area (Å²) in [4.78, 5) is 47.2. The molecule has 1 aromatic heterocycles. The molecule has 3 heterocycles. The van der Waals surface area contributed by atoms with Gasteiger partial charge < -0.3 is 19.9 Å². The third-order valence-electron chi connectivity index (χ3n) is 8.76. The van der Waals surface area contributed by atoms with Crippen LogP contribution in [0.2, 0.25) is 0 Å². The molecule has 1 aliphatic carbocycles. The topological polar surface area (TPSA) is 102 Å². The number of benzene rings is 2. The Balaban J connectivity index is 1.14. The number of imidazole rings is 1. The van der Waals surface area contributed by atoms with E-state index >= 15 is 0 Å². The monoisotopic (exact) mass is 559 g/mol. The first-order valence-electron chi connectivity index (χ1n) is 14.2. The van der Waals surface area contributed by atoms with Gasteiger partial charge in [0.05, 0.1) is 23.3 Å². The van der Waals surface area contributed by atoms with E-state index in [-0.39, 0.29) is 29.0 Å². The third-order valence-corrected chi connectivity index (χ3v) is 8.76. The number of aromatic amines is 1. The van der Waals surface area contributed by atoms with Gasteiger partial charge in [-0.05, 0) is 74.2 Å². The first-order chi connectivity index (χ1) is 19.8. The first kappa shape index (κ1) is 27.2. The van der Waals surface area contributed by atoms with Crippen LogP contribution in [0.25, 0.3) is 11.0 Å². The van der Waals surface area contributed by atoms with Crippen molar-refractivity contribution in [3.05, 3.63) is 94.2 Å². The molecule has 3 aliphatic rings. The minimum Gasteiger partial charge on any atom is -0.478 e. The molecule has 2 saturated heterocycles. The molecule has 41 heavy (non-hydrogen) atoms. The van der Waals surface area contributed by atoms with Crippen LogP contribution in [0.1, 0.15) is 41.6 Å². The van der Waals surface area contributed by atoms with Crippen LogP contribution in [0.4, 0.5) is 4.39 Å². The second-order valence-corrected chi connectivity index (χ2v) is 11.2. The zero-order chi connectivity index (χ0) is 28.6. The number of carboxylic acids is 1. The molecule has 1 spiro atoms. The molecular formula is C31H34FN5O4. The number of allylic oxidation sites excluding steroid dienone is 2. The number of fused-ring (bicyclic) bond motifs is 1. The van der Waals surface area contributed by atoms with E-state index in [0.717, 1.165) is 42.7 Å². The molecule has 1 atom stereocenters. The normalized spacial score (nSPS) is 21.2. The van der Waals surface area contributed by atoms with E-state index in [1.54, 1.807) is 28.8 Å². The van der Waals surface area contributed by atoms with Gasteiger partial charge in [-0.15, -0.1) is 0 Å². The summed E-state index contributed by atoms with van der Waals surface area (Å²) in [6.45, 7) is 3.65. The average molecular weight is 560 g/mol. The lowest BCUT2D eigenvalue weighted by Crippen LogP contribution is -2.58. The van der Waals surface area contributed by atoms with Crippen molar-refractivity contribution in [3.8, 4) is 0 Å². The highest BCUT2D eigenvalue weighted by Crippen LogP contribution is 2.40. The van der Waals surface area contributed by atoms with Crippen molar-refractivity contribution in [3.63, 3.8) is 0 Å². The second-order valence-electron chi connectivity index (χ2n) is 11.2. The van der Waals surface area contributed by atoms with Crippen LogP contribution < -0.4 is 5.69 Å². The number of aromatic carboxylic acids is 1. The van der Waals surface area contributed by atoms with Crippen molar-refractivity contribution in [1.29, 1.82) is 0 Å². The Bertz CT molecular complexity index is 1580. The van der Waals surface area contributed by atoms with E-state index in [0.29, 0.717) is 39.0 Å². The van der Waals surface area contributed by atoms with Gasteiger partial charge in [0.15, 0.2) is 0 Å². The maximum atomic E-state index is 14.1. The van der Waals surface area contributed by atoms with Crippen LogP contribution in [0.5, 0.6) is 0 Å². The number of hydrogen-bond acceptors (Lipinski definition) is 5. The number of H-pyrrole nitrogens is 1. The van der Waals surface area contributed by atoms with E-state index in [4.69, 9.17) is 0 Å². The molecule has 1 amide bonds. The van der Waals surface area contributed by atoms with Crippen LogP contribution in [-0.2, 0) is 17.9 Å². The Labute approximate surface area is 237 Å². The summed E-state index contributed by atoms with van der Waals surface area (Å²) in [5.41, 5.74) is 1.91. The van der Waals surface area contributed by atoms with Crippen molar-refractivity contribution < 1.29 is 19.1 Å². The minimum absolute atomic E-state index is 0.0478. The van der Waals surface area contributed by atoms with Gasteiger partial charge in [-0.2, -0.15) is 0 Å². The Morgan fingerprint density at radius 1 is 1.07 bits per heavy atom. The summed E-state index contributed by atoms with van der Waals surface area (Å²) in [5.74, 6) is -1.21. The fraction of sp³-hybridized carbons (Fsp3) is 0.387. The van der Waals surface area contributed by atoms with Gasteiger partial charge in [-0.3, -0.25) is 14.3 Å². The van der Waals surface area contributed by atoms with Crippen LogP contribution in [0, 0.1) is 0 Å². The molecule has 1 unspecified atom stereocenters. The number of nitrogens with one attached hydrogen (secondary N) is 1. The number of para-hydroxylation sites is 2. The van der Waals surface area contributed by atoms with Crippen LogP contribution in [0.3, 0.4) is 0 Å². The highest BCUT2D eigenvalue weighted by atomic mass is 19.1. The summed E-state index contributed by atoms with van der Waals surface area (Å²) < 4.78 is 15.6. The van der Waals surface area contributed by atoms with Gasteiger partial charge in [0.1, 0.15) is 11.4 Å². The fourth-order valence-corrected chi connectivity index (χ4v) is 6.61. The number of hydrogen-bond donors (Lipinski definition) is 2. The summed E-state index contributed by atoms with van der Waals surface area (Å²) in [6, 6.07) is 14.3. The maximum Gasteiger partial charge on any atom is 0.335 e. The van der Waals surface area contributed by atoms with E-state index in [9.17, 15) is 23.9 Å². The summed E-state index contributed by atoms with van der Waals surface area (Å²) >= 11 is 0. The van der Waals surface area contributed by atoms with Crippen molar-refractivity contribution in [2.45, 2.75) is 50.4 Å². The molecule has 10 heteroatoms. The summed E-state index contributed by atoms with van der Waals surface area (Å²) in [5, 5.41) is 9.40. The fourth-order valence-electron chi connectivity index (χ4n) is 6.61. The molecule has 2 aromatic carbocycles. The molecule has 2 fully saturated rings. The smallest absolute Gasteiger partial charge is 0.335 e. The van der Waals surface area contributed by atoms with Gasteiger partial charge in [0.25, 0.3) is 0 Å². The van der Waals surface area contributed by atoms with Crippen molar-refractivity contribution in [2.75, 3.05) is 26.3 Å². The first-order valence-corrected chi connectivity index (χ1v) is 14.2. The number of piperidine rings is 1. The Kier molecular flexibility index (Phi) is 7.35. The van der Waals surface area contributed by atoms with Gasteiger partial charge in [0.2, 0.25) is 5.91 Å². The van der Waals surface area contributed by atoms with Crippen molar-refractivity contribution in [1.82, 2.24) is 24.3 Å². The lowest BCUT2D eigenvalue weighted by molar-refractivity contribution is -0.136. The SMILES string of the molecule is O=C(O)c1cccc(CN2CN(C3C=CC(F)=CC3)C3(CCN(CCCn4c(=O)[nH]c5ccccc54)CC3)C2=O)c1. The molecular weight excluding hydrogens is 525 g/mol. The zero-order valence-electron chi connectivity index (χ0n) is 22.8. The number of aromatic nitrogens is 2. The standard InChI is InChI=1S/C31H34FN5O4/c32-24-9-11-25(12-10-24)37-21-35(20-22-5-3-6-23(19-22)28(38)39)29(40)31(37)13-17-34(18-14-31)15-4-16-36-27-8-2-1-7-26(27)33-30(36)41/h1-3,5-11,19,25H,4,12-18,20-21H2,(H,33,41)(H,38,39). The van der Waals surface area contributed by atoms with Gasteiger partial charge >= 0.3 is 11.7 Å². The molecule has 0 radical (unpaired) electrons. The summed E-state index contributed by atoms with van der Waals surface area (Å²) in [7, 11) is 0. The largest absolute Gasteiger partial charge is 0.478 e. The molecule has 0 saturated carbocycles. The lowest BCUT2D eigenvalue weighted by atomic mass is 9.84. The highest BCUT2D eigenvalue weighted by molar-refractivity contribution is 5.89. The highest BCUT2D eigenvalue weighted by Gasteiger charge is 2.55. The van der Waals surface area contributed by atoms with Crippen molar-refractivity contribution >= 4 is 22.9 Å². The minimum atomic E-state index is -0.999. The number of amides is 1. The molecule has 6 rings (SSSR count). The molecule has 9 nitrogen and oxygen atoms in total. The average Bonchev–Trinajstić information content (AvgIpc) is 3.43. The Morgan fingerprint density at radius 2 is 1.88 bits per heavy atom. The number of aryl methyl sites for hydroxylation is 1. The number of carboxylic acid groups (broad SMARTS) is 1. The number of carbonyl (C=O) groups is 2. The van der Waals surface area contributed by atoms with Crippen LogP contribution >= 0.6 is 0 Å². The predicted octanol–water partition coefficient (Wildman–Crippen LogP) is 3.74. The van der Waals surface area contributed by atoms with Crippen LogP contribution in [-0.4, -0.2) is 79.1 Å². The Hall–Kier alpha value is -4.02. The molecule has 2 aliphatic heterocycles. The van der Waals surface area contributed by atoms with Gasteiger partial charge in [0, 0.05) is 32.2 Å². The van der Waals surface area contributed by atoms with Crippen molar-refractivity contribution in [2.24, 2.45) is 0 Å². The predicted molar refractivity (Wildman–Crippen MR) is 153 cm³/mol. The number of rotatable bonds is 8. The lowest BCUT2D eigenvalue weighted by Gasteiger charge is -2.45. The van der Waals surface area contributed by atoms with E-state index in [1.807, 2.05) is 41.3 Å². The van der Waals surface area contributed by atoms with Gasteiger partial charge in [-0.1, -0.05) is 30.3 Å². The molecule has 0 bridgehead atoms. The number of halogens is 1. The number of likely N-dealkylation sites (tertiary alicyclic amines) is 1. The number of nitrogens with zero attached hydrogens (tertiary/aromatic N) is 4. The van der Waals surface area contributed by atoms with E-state index in [2.05, 4.69) is 14.8 Å². The Morgan fingerprint density at radius 3 is 2.63 bits per heavy atom. The quantitative estimate of drug-likeness (QED) is 0.436. The third kappa shape index (κ3) is 5.25. The molecule has 214 valence electrons. The van der Waals surface area contributed by atoms with Gasteiger partial charge in [-0.25, -0.2) is 14.0 Å². The number of carbonyl (C=O) groups excluding carboxylic acids is 1.